The Morgan fingerprint density at radius 3 is 1.82 bits per heavy atom. The van der Waals surface area contributed by atoms with Crippen molar-refractivity contribution in [2.75, 3.05) is 5.32 Å². The molecule has 1 spiro atoms. The number of hydrogen-bond donors (Lipinski definition) is 1. The van der Waals surface area contributed by atoms with Gasteiger partial charge in [-0.2, -0.15) is 0 Å². The van der Waals surface area contributed by atoms with E-state index in [2.05, 4.69) is 221 Å². The smallest absolute Gasteiger partial charge is 0.141 e. The number of anilines is 1. The Balaban J connectivity index is 1.07. The first-order chi connectivity index (χ1) is 30.8. The number of aromatic nitrogens is 2. The number of rotatable bonds is 2. The van der Waals surface area contributed by atoms with Crippen molar-refractivity contribution in [3.8, 4) is 28.3 Å². The number of benzene rings is 9. The Morgan fingerprint density at radius 2 is 1.03 bits per heavy atom. The molecule has 0 bridgehead atoms. The third-order valence-corrected chi connectivity index (χ3v) is 13.6. The van der Waals surface area contributed by atoms with E-state index in [1.165, 1.54) is 49.3 Å². The molecular formula is C57H36N4O. The summed E-state index contributed by atoms with van der Waals surface area (Å²) in [5, 5.41) is 8.85. The van der Waals surface area contributed by atoms with Crippen LogP contribution in [0.25, 0.3) is 60.4 Å². The van der Waals surface area contributed by atoms with E-state index in [9.17, 15) is 0 Å². The zero-order chi connectivity index (χ0) is 40.5. The third-order valence-electron chi connectivity index (χ3n) is 13.6. The Hall–Kier alpha value is -8.15. The summed E-state index contributed by atoms with van der Waals surface area (Å²) in [5.74, 6) is 2.69. The fourth-order valence-corrected chi connectivity index (χ4v) is 11.1. The fourth-order valence-electron chi connectivity index (χ4n) is 11.1. The Labute approximate surface area is 357 Å². The first-order valence-electron chi connectivity index (χ1n) is 21.3. The first-order valence-corrected chi connectivity index (χ1v) is 21.3. The number of para-hydroxylation sites is 7. The summed E-state index contributed by atoms with van der Waals surface area (Å²) in [6.07, 6.45) is 0. The normalized spacial score (nSPS) is 15.4. The minimum Gasteiger partial charge on any atom is -0.457 e. The summed E-state index contributed by atoms with van der Waals surface area (Å²) in [4.78, 5) is 5.65. The van der Waals surface area contributed by atoms with Crippen LogP contribution in [-0.2, 0) is 5.41 Å². The highest BCUT2D eigenvalue weighted by Crippen LogP contribution is 2.62. The predicted molar refractivity (Wildman–Crippen MR) is 253 cm³/mol. The molecule has 0 radical (unpaired) electrons. The van der Waals surface area contributed by atoms with E-state index in [0.717, 1.165) is 67.6 Å². The molecule has 11 aromatic rings. The lowest BCUT2D eigenvalue weighted by molar-refractivity contribution is 0.436. The molecule has 9 aromatic carbocycles. The third kappa shape index (κ3) is 4.39. The molecule has 2 aromatic heterocycles. The second-order valence-electron chi connectivity index (χ2n) is 16.7. The molecule has 3 aliphatic rings. The monoisotopic (exact) mass is 792 g/mol. The van der Waals surface area contributed by atoms with E-state index < -0.39 is 5.41 Å². The predicted octanol–water partition coefficient (Wildman–Crippen LogP) is 14.1. The van der Waals surface area contributed by atoms with Crippen molar-refractivity contribution in [1.82, 2.24) is 9.13 Å². The summed E-state index contributed by atoms with van der Waals surface area (Å²) < 4.78 is 11.5. The summed E-state index contributed by atoms with van der Waals surface area (Å²) in [5.41, 5.74) is 15.5. The molecule has 0 saturated heterocycles. The Morgan fingerprint density at radius 1 is 0.435 bits per heavy atom. The van der Waals surface area contributed by atoms with Gasteiger partial charge in [-0.25, -0.2) is 4.99 Å². The van der Waals surface area contributed by atoms with E-state index in [0.29, 0.717) is 0 Å². The zero-order valence-corrected chi connectivity index (χ0v) is 33.5. The SMILES string of the molecule is c1ccc(-n2c3ccccc3c3ccc(C4Nc5ccccc5N=C4n4c5ccccc5c5cc6c(cc54)C4(c5ccccc5Oc5ccccc54)c4ccccc4-6)cc32)cc1. The van der Waals surface area contributed by atoms with Crippen molar-refractivity contribution >= 4 is 60.8 Å². The lowest BCUT2D eigenvalue weighted by Crippen LogP contribution is -2.32. The number of ether oxygens (including phenoxy) is 1. The second-order valence-corrected chi connectivity index (χ2v) is 16.7. The van der Waals surface area contributed by atoms with Crippen LogP contribution in [0.2, 0.25) is 0 Å². The van der Waals surface area contributed by atoms with Gasteiger partial charge in [-0.15, -0.1) is 0 Å². The maximum atomic E-state index is 6.70. The van der Waals surface area contributed by atoms with E-state index in [4.69, 9.17) is 9.73 Å². The molecule has 5 heteroatoms. The summed E-state index contributed by atoms with van der Waals surface area (Å²) in [7, 11) is 0. The van der Waals surface area contributed by atoms with Crippen LogP contribution in [0.5, 0.6) is 11.5 Å². The van der Waals surface area contributed by atoms with Crippen LogP contribution in [0.4, 0.5) is 11.4 Å². The van der Waals surface area contributed by atoms with Gasteiger partial charge in [0.1, 0.15) is 23.4 Å². The van der Waals surface area contributed by atoms with Crippen LogP contribution in [0.15, 0.2) is 211 Å². The van der Waals surface area contributed by atoms with Crippen LogP contribution in [-0.4, -0.2) is 15.0 Å². The second kappa shape index (κ2) is 12.4. The number of nitrogens with zero attached hydrogens (tertiary/aromatic N) is 3. The number of nitrogens with one attached hydrogen (secondary N) is 1. The maximum Gasteiger partial charge on any atom is 0.141 e. The molecule has 2 aliphatic heterocycles. The molecule has 0 fully saturated rings. The maximum absolute atomic E-state index is 6.70. The Bertz CT molecular complexity index is 3680. The quantitative estimate of drug-likeness (QED) is 0.189. The lowest BCUT2D eigenvalue weighted by atomic mass is 9.66. The number of hydrogen-bond acceptors (Lipinski definition) is 3. The van der Waals surface area contributed by atoms with Gasteiger partial charge in [-0.05, 0) is 94.5 Å². The highest BCUT2D eigenvalue weighted by molar-refractivity contribution is 6.18. The van der Waals surface area contributed by atoms with E-state index in [1.807, 2.05) is 0 Å². The highest BCUT2D eigenvalue weighted by atomic mass is 16.5. The first kappa shape index (κ1) is 33.7. The van der Waals surface area contributed by atoms with Gasteiger partial charge in [0, 0.05) is 38.4 Å². The summed E-state index contributed by atoms with van der Waals surface area (Å²) in [6, 6.07) is 74.4. The van der Waals surface area contributed by atoms with Gasteiger partial charge < -0.3 is 14.6 Å². The van der Waals surface area contributed by atoms with Gasteiger partial charge in [0.2, 0.25) is 0 Å². The molecule has 1 atom stereocenters. The van der Waals surface area contributed by atoms with Crippen LogP contribution < -0.4 is 10.1 Å². The van der Waals surface area contributed by atoms with Gasteiger partial charge in [-0.1, -0.05) is 140 Å². The van der Waals surface area contributed by atoms with Crippen LogP contribution in [0, 0.1) is 0 Å². The van der Waals surface area contributed by atoms with E-state index in [1.54, 1.807) is 0 Å². The minimum absolute atomic E-state index is 0.278. The van der Waals surface area contributed by atoms with Crippen molar-refractivity contribution in [1.29, 1.82) is 0 Å². The van der Waals surface area contributed by atoms with Crippen molar-refractivity contribution in [3.63, 3.8) is 0 Å². The van der Waals surface area contributed by atoms with E-state index in [-0.39, 0.29) is 6.04 Å². The van der Waals surface area contributed by atoms with Crippen LogP contribution in [0.1, 0.15) is 33.9 Å². The largest absolute Gasteiger partial charge is 0.457 e. The number of aliphatic imine (C=N–C) groups is 1. The summed E-state index contributed by atoms with van der Waals surface area (Å²) in [6.45, 7) is 0. The standard InChI is InChI=1S/C57H36N4O/c1-2-16-36(17-3-1)60-49-26-12-5-19-38(49)40-31-30-35(32-51(40)60)55-56(59-48-25-11-10-24-47(48)58-55)61-50-27-13-6-20-39(50)42-33-41-37-18-4-7-21-43(37)57(46(41)34-52(42)61)44-22-8-14-28-53(44)62-54-29-15-9-23-45(54)57/h1-34,55,58H. The lowest BCUT2D eigenvalue weighted by Gasteiger charge is -2.39. The minimum atomic E-state index is -0.596. The van der Waals surface area contributed by atoms with Crippen molar-refractivity contribution in [3.05, 3.63) is 234 Å². The van der Waals surface area contributed by atoms with Crippen LogP contribution in [0.3, 0.4) is 0 Å². The fraction of sp³-hybridized carbons (Fsp3) is 0.0351. The van der Waals surface area contributed by atoms with Gasteiger partial charge >= 0.3 is 0 Å². The van der Waals surface area contributed by atoms with Crippen molar-refractivity contribution in [2.45, 2.75) is 11.5 Å². The molecule has 62 heavy (non-hydrogen) atoms. The van der Waals surface area contributed by atoms with E-state index >= 15 is 0 Å². The molecule has 1 aliphatic carbocycles. The zero-order valence-electron chi connectivity index (χ0n) is 33.5. The van der Waals surface area contributed by atoms with Gasteiger partial charge in [-0.3, -0.25) is 4.57 Å². The molecule has 0 saturated carbocycles. The molecule has 0 amide bonds. The number of fused-ring (bicyclic) bond motifs is 16. The molecule has 14 rings (SSSR count). The van der Waals surface area contributed by atoms with Crippen LogP contribution >= 0.6 is 0 Å². The highest BCUT2D eigenvalue weighted by Gasteiger charge is 2.51. The molecule has 4 heterocycles. The molecule has 1 N–H and O–H groups in total. The van der Waals surface area contributed by atoms with Gasteiger partial charge in [0.15, 0.2) is 0 Å². The topological polar surface area (TPSA) is 43.5 Å². The average molecular weight is 793 g/mol. The van der Waals surface area contributed by atoms with Gasteiger partial charge in [0.25, 0.3) is 0 Å². The van der Waals surface area contributed by atoms with Crippen molar-refractivity contribution in [2.24, 2.45) is 4.99 Å². The Kier molecular flexibility index (Phi) is 6.76. The average Bonchev–Trinajstić information content (AvgIpc) is 3.94. The van der Waals surface area contributed by atoms with Crippen molar-refractivity contribution < 1.29 is 4.74 Å². The molecule has 5 nitrogen and oxygen atoms in total. The summed E-state index contributed by atoms with van der Waals surface area (Å²) >= 11 is 0. The molecule has 290 valence electrons. The molecule has 1 unspecified atom stereocenters. The molecular weight excluding hydrogens is 757 g/mol. The van der Waals surface area contributed by atoms with Gasteiger partial charge in [0.05, 0.1) is 38.9 Å².